The third-order valence-electron chi connectivity index (χ3n) is 2.79. The number of rotatable bonds is 5. The number of nitrogens with zero attached hydrogens (tertiary/aromatic N) is 1. The van der Waals surface area contributed by atoms with E-state index < -0.39 is 0 Å². The summed E-state index contributed by atoms with van der Waals surface area (Å²) in [7, 11) is 3.94. The Balaban J connectivity index is 2.68. The molecule has 1 aromatic carbocycles. The van der Waals surface area contributed by atoms with Gasteiger partial charge in [0, 0.05) is 28.7 Å². The Morgan fingerprint density at radius 1 is 1.41 bits per heavy atom. The molecule has 17 heavy (non-hydrogen) atoms. The summed E-state index contributed by atoms with van der Waals surface area (Å²) in [5, 5.41) is 3.24. The van der Waals surface area contributed by atoms with E-state index in [2.05, 4.69) is 40.0 Å². The van der Waals surface area contributed by atoms with Crippen LogP contribution in [-0.4, -0.2) is 31.1 Å². The predicted molar refractivity (Wildman–Crippen MR) is 73.6 cm³/mol. The van der Waals surface area contributed by atoms with Crippen molar-refractivity contribution in [2.75, 3.05) is 20.6 Å². The van der Waals surface area contributed by atoms with Crippen molar-refractivity contribution < 1.29 is 4.39 Å². The molecule has 0 spiro atoms. The van der Waals surface area contributed by atoms with Crippen molar-refractivity contribution in [1.82, 2.24) is 10.2 Å². The second kappa shape index (κ2) is 5.94. The molecule has 0 aliphatic carbocycles. The average Bonchev–Trinajstić information content (AvgIpc) is 2.23. The number of hydrogen-bond acceptors (Lipinski definition) is 2. The van der Waals surface area contributed by atoms with Crippen molar-refractivity contribution in [3.63, 3.8) is 0 Å². The van der Waals surface area contributed by atoms with Crippen molar-refractivity contribution in [3.05, 3.63) is 34.1 Å². The highest BCUT2D eigenvalue weighted by molar-refractivity contribution is 9.10. The predicted octanol–water partition coefficient (Wildman–Crippen LogP) is 3.02. The minimum absolute atomic E-state index is 0.0250. The Kier molecular flexibility index (Phi) is 5.10. The van der Waals surface area contributed by atoms with E-state index in [1.54, 1.807) is 6.07 Å². The molecule has 0 saturated carbocycles. The molecule has 0 fully saturated rings. The second-order valence-corrected chi connectivity index (χ2v) is 5.96. The van der Waals surface area contributed by atoms with E-state index in [1.807, 2.05) is 20.2 Å². The topological polar surface area (TPSA) is 15.3 Å². The Bertz CT molecular complexity index is 380. The maximum atomic E-state index is 13.6. The molecule has 2 nitrogen and oxygen atoms in total. The molecule has 0 bridgehead atoms. The van der Waals surface area contributed by atoms with Crippen LogP contribution in [0.5, 0.6) is 0 Å². The molecule has 1 rings (SSSR count). The van der Waals surface area contributed by atoms with Crippen LogP contribution in [0.4, 0.5) is 4.39 Å². The minimum Gasteiger partial charge on any atom is -0.314 e. The minimum atomic E-state index is -0.151. The maximum Gasteiger partial charge on any atom is 0.127 e. The van der Waals surface area contributed by atoms with Crippen LogP contribution in [0.15, 0.2) is 22.7 Å². The lowest BCUT2D eigenvalue weighted by Gasteiger charge is -2.30. The fourth-order valence-electron chi connectivity index (χ4n) is 1.77. The van der Waals surface area contributed by atoms with E-state index in [1.165, 1.54) is 6.07 Å². The molecule has 1 aromatic rings. The van der Waals surface area contributed by atoms with Gasteiger partial charge in [0.05, 0.1) is 0 Å². The standard InChI is InChI=1S/C13H20BrFN2/c1-13(2,16-3)9-17(4)8-10-7-11(14)5-6-12(10)15/h5-7,16H,8-9H2,1-4H3. The molecule has 0 atom stereocenters. The first-order valence-electron chi connectivity index (χ1n) is 5.65. The zero-order chi connectivity index (χ0) is 13.1. The molecule has 0 aliphatic heterocycles. The largest absolute Gasteiger partial charge is 0.314 e. The van der Waals surface area contributed by atoms with Gasteiger partial charge in [0.2, 0.25) is 0 Å². The first-order chi connectivity index (χ1) is 7.84. The molecule has 0 unspecified atom stereocenters. The number of nitrogens with one attached hydrogen (secondary N) is 1. The third kappa shape index (κ3) is 4.74. The van der Waals surface area contributed by atoms with E-state index in [0.717, 1.165) is 11.0 Å². The second-order valence-electron chi connectivity index (χ2n) is 5.04. The molecule has 0 amide bonds. The molecule has 0 saturated heterocycles. The number of halogens is 2. The molecule has 96 valence electrons. The summed E-state index contributed by atoms with van der Waals surface area (Å²) in [5.74, 6) is -0.151. The lowest BCUT2D eigenvalue weighted by atomic mass is 10.1. The van der Waals surface area contributed by atoms with Gasteiger partial charge >= 0.3 is 0 Å². The summed E-state index contributed by atoms with van der Waals surface area (Å²) in [4.78, 5) is 2.11. The van der Waals surface area contributed by atoms with Crippen LogP contribution in [0.25, 0.3) is 0 Å². The summed E-state index contributed by atoms with van der Waals surface area (Å²) in [6.45, 7) is 5.72. The first-order valence-corrected chi connectivity index (χ1v) is 6.45. The van der Waals surface area contributed by atoms with E-state index in [4.69, 9.17) is 0 Å². The maximum absolute atomic E-state index is 13.6. The molecular weight excluding hydrogens is 283 g/mol. The van der Waals surface area contributed by atoms with Gasteiger partial charge in [-0.2, -0.15) is 0 Å². The van der Waals surface area contributed by atoms with Gasteiger partial charge in [-0.1, -0.05) is 15.9 Å². The molecule has 0 aliphatic rings. The van der Waals surface area contributed by atoms with Gasteiger partial charge in [-0.3, -0.25) is 0 Å². The van der Waals surface area contributed by atoms with Crippen molar-refractivity contribution in [1.29, 1.82) is 0 Å². The summed E-state index contributed by atoms with van der Waals surface area (Å²) in [5.41, 5.74) is 0.741. The van der Waals surface area contributed by atoms with Crippen molar-refractivity contribution in [2.45, 2.75) is 25.9 Å². The lowest BCUT2D eigenvalue weighted by molar-refractivity contribution is 0.236. The van der Waals surface area contributed by atoms with Gasteiger partial charge in [-0.05, 0) is 46.1 Å². The highest BCUT2D eigenvalue weighted by Crippen LogP contribution is 2.17. The zero-order valence-corrected chi connectivity index (χ0v) is 12.4. The SMILES string of the molecule is CNC(C)(C)CN(C)Cc1cc(Br)ccc1F. The zero-order valence-electron chi connectivity index (χ0n) is 10.8. The summed E-state index contributed by atoms with van der Waals surface area (Å²) < 4.78 is 14.5. The van der Waals surface area contributed by atoms with E-state index in [0.29, 0.717) is 12.1 Å². The highest BCUT2D eigenvalue weighted by atomic mass is 79.9. The number of hydrogen-bond donors (Lipinski definition) is 1. The Morgan fingerprint density at radius 3 is 2.65 bits per heavy atom. The summed E-state index contributed by atoms with van der Waals surface area (Å²) in [6.07, 6.45) is 0. The molecule has 0 radical (unpaired) electrons. The van der Waals surface area contributed by atoms with E-state index >= 15 is 0 Å². The number of benzene rings is 1. The Morgan fingerprint density at radius 2 is 2.06 bits per heavy atom. The van der Waals surface area contributed by atoms with Crippen LogP contribution < -0.4 is 5.32 Å². The lowest BCUT2D eigenvalue weighted by Crippen LogP contribution is -2.46. The van der Waals surface area contributed by atoms with Crippen LogP contribution in [0.1, 0.15) is 19.4 Å². The fourth-order valence-corrected chi connectivity index (χ4v) is 2.17. The van der Waals surface area contributed by atoms with Gasteiger partial charge in [-0.25, -0.2) is 4.39 Å². The van der Waals surface area contributed by atoms with E-state index in [-0.39, 0.29) is 11.4 Å². The summed E-state index contributed by atoms with van der Waals surface area (Å²) >= 11 is 3.36. The average molecular weight is 303 g/mol. The smallest absolute Gasteiger partial charge is 0.127 e. The monoisotopic (exact) mass is 302 g/mol. The summed E-state index contributed by atoms with van der Waals surface area (Å²) in [6, 6.07) is 5.05. The van der Waals surface area contributed by atoms with Gasteiger partial charge in [0.15, 0.2) is 0 Å². The van der Waals surface area contributed by atoms with E-state index in [9.17, 15) is 4.39 Å². The first kappa shape index (κ1) is 14.6. The van der Waals surface area contributed by atoms with Crippen LogP contribution in [-0.2, 0) is 6.54 Å². The molecule has 0 aromatic heterocycles. The van der Waals surface area contributed by atoms with Gasteiger partial charge < -0.3 is 10.2 Å². The molecule has 1 N–H and O–H groups in total. The van der Waals surface area contributed by atoms with Crippen LogP contribution in [0, 0.1) is 5.82 Å². The van der Waals surface area contributed by atoms with Gasteiger partial charge in [0.25, 0.3) is 0 Å². The third-order valence-corrected chi connectivity index (χ3v) is 3.28. The Labute approximate surface area is 111 Å². The fraction of sp³-hybridized carbons (Fsp3) is 0.538. The van der Waals surface area contributed by atoms with Crippen molar-refractivity contribution in [2.24, 2.45) is 0 Å². The molecule has 0 heterocycles. The van der Waals surface area contributed by atoms with Gasteiger partial charge in [0.1, 0.15) is 5.82 Å². The number of likely N-dealkylation sites (N-methyl/N-ethyl adjacent to an activating group) is 2. The molecular formula is C13H20BrFN2. The highest BCUT2D eigenvalue weighted by Gasteiger charge is 2.18. The van der Waals surface area contributed by atoms with Crippen LogP contribution >= 0.6 is 15.9 Å². The molecule has 4 heteroatoms. The normalized spacial score (nSPS) is 12.2. The van der Waals surface area contributed by atoms with Gasteiger partial charge in [-0.15, -0.1) is 0 Å². The van der Waals surface area contributed by atoms with Crippen LogP contribution in [0.2, 0.25) is 0 Å². The Hall–Kier alpha value is -0.450. The van der Waals surface area contributed by atoms with Crippen molar-refractivity contribution >= 4 is 15.9 Å². The van der Waals surface area contributed by atoms with Crippen molar-refractivity contribution in [3.8, 4) is 0 Å². The van der Waals surface area contributed by atoms with Crippen LogP contribution in [0.3, 0.4) is 0 Å². The quantitative estimate of drug-likeness (QED) is 0.899.